The quantitative estimate of drug-likeness (QED) is 0.791. The van der Waals surface area contributed by atoms with Crippen molar-refractivity contribution in [2.75, 3.05) is 11.5 Å². The topological polar surface area (TPSA) is 117 Å². The molecule has 1 amide bonds. The highest BCUT2D eigenvalue weighted by Crippen LogP contribution is 2.20. The summed E-state index contributed by atoms with van der Waals surface area (Å²) in [6, 6.07) is 12.5. The summed E-state index contributed by atoms with van der Waals surface area (Å²) in [6.45, 7) is 0.390. The maximum absolute atomic E-state index is 11.9. The van der Waals surface area contributed by atoms with E-state index in [9.17, 15) is 4.79 Å². The number of halogens is 1. The largest absolute Gasteiger partial charge is 0.351 e. The van der Waals surface area contributed by atoms with Gasteiger partial charge in [0, 0.05) is 11.6 Å². The number of nitrogens with one attached hydrogen (secondary N) is 2. The fourth-order valence-corrected chi connectivity index (χ4v) is 2.77. The molecular weight excluding hydrogens is 346 g/mol. The number of carbonyl (C=O) groups excluding carboxylic acids is 1. The maximum atomic E-state index is 11.9. The summed E-state index contributed by atoms with van der Waals surface area (Å²) >= 11 is 6.95. The highest BCUT2D eigenvalue weighted by Gasteiger charge is 2.15. The van der Waals surface area contributed by atoms with Gasteiger partial charge in [-0.1, -0.05) is 35.5 Å². The lowest BCUT2D eigenvalue weighted by molar-refractivity contribution is -0.410. The van der Waals surface area contributed by atoms with E-state index >= 15 is 0 Å². The Morgan fingerprint density at radius 1 is 1.25 bits per heavy atom. The summed E-state index contributed by atoms with van der Waals surface area (Å²) in [7, 11) is 0. The number of hydrogen-bond acceptors (Lipinski definition) is 5. The van der Waals surface area contributed by atoms with Gasteiger partial charge >= 0.3 is 0 Å². The molecule has 1 aromatic heterocycles. The molecule has 0 aliphatic rings. The predicted octanol–water partition coefficient (Wildman–Crippen LogP) is 1.89. The van der Waals surface area contributed by atoms with Crippen LogP contribution in [0.1, 0.15) is 16.7 Å². The van der Waals surface area contributed by atoms with Gasteiger partial charge in [-0.2, -0.15) is 10.5 Å². The lowest BCUT2D eigenvalue weighted by atomic mass is 10.2. The van der Waals surface area contributed by atoms with Crippen LogP contribution in [-0.2, 0) is 11.3 Å². The van der Waals surface area contributed by atoms with Gasteiger partial charge in [0.15, 0.2) is 5.03 Å². The molecule has 0 aliphatic carbocycles. The molecule has 1 heterocycles. The van der Waals surface area contributed by atoms with Gasteiger partial charge < -0.3 is 5.32 Å². The van der Waals surface area contributed by atoms with Crippen molar-refractivity contribution >= 4 is 35.1 Å². The van der Waals surface area contributed by atoms with E-state index in [4.69, 9.17) is 27.9 Å². The van der Waals surface area contributed by atoms with Crippen LogP contribution in [0.15, 0.2) is 35.4 Å². The Kier molecular flexibility index (Phi) is 6.02. The summed E-state index contributed by atoms with van der Waals surface area (Å²) in [4.78, 5) is 14.7. The van der Waals surface area contributed by atoms with E-state index in [2.05, 4.69) is 10.3 Å². The Hall–Kier alpha value is -2.74. The zero-order valence-electron chi connectivity index (χ0n) is 12.5. The number of nitrogens with zero attached hydrogens (tertiary/aromatic N) is 2. The number of nitrogen functional groups attached to an aromatic ring is 1. The molecule has 24 heavy (non-hydrogen) atoms. The lowest BCUT2D eigenvalue weighted by Gasteiger charge is -2.06. The van der Waals surface area contributed by atoms with Crippen LogP contribution in [0.4, 0.5) is 5.82 Å². The number of anilines is 1. The molecule has 0 bridgehead atoms. The summed E-state index contributed by atoms with van der Waals surface area (Å²) in [5.41, 5.74) is 7.10. The van der Waals surface area contributed by atoms with Gasteiger partial charge in [-0.15, -0.1) is 0 Å². The van der Waals surface area contributed by atoms with Crippen LogP contribution in [0.25, 0.3) is 0 Å². The smallest absolute Gasteiger partial charge is 0.289 e. The Morgan fingerprint density at radius 2 is 1.92 bits per heavy atom. The average Bonchev–Trinajstić information content (AvgIpc) is 2.59. The van der Waals surface area contributed by atoms with E-state index in [0.717, 1.165) is 17.3 Å². The van der Waals surface area contributed by atoms with Crippen molar-refractivity contribution in [1.29, 1.82) is 10.5 Å². The second kappa shape index (κ2) is 8.21. The number of thioether (sulfide) groups is 1. The average molecular weight is 359 g/mol. The molecule has 4 N–H and O–H groups in total. The first-order valence-corrected chi connectivity index (χ1v) is 8.19. The normalized spacial score (nSPS) is 9.79. The highest BCUT2D eigenvalue weighted by atomic mass is 35.5. The standard InChI is InChI=1S/C16H12ClN5OS/c17-13-3-1-10(2-4-13)8-21-14(23)9-24-16-12(7-19)5-11(6-18)15(20)22-16/h1-5H,8-9H2,(H2,20,22)(H,21,23)/p+1. The minimum atomic E-state index is -0.185. The van der Waals surface area contributed by atoms with Crippen LogP contribution in [0.3, 0.4) is 0 Å². The van der Waals surface area contributed by atoms with E-state index in [0.29, 0.717) is 16.6 Å². The molecule has 120 valence electrons. The molecule has 0 unspecified atom stereocenters. The molecule has 0 fully saturated rings. The van der Waals surface area contributed by atoms with Crippen LogP contribution in [0.2, 0.25) is 5.02 Å². The lowest BCUT2D eigenvalue weighted by Crippen LogP contribution is -2.25. The van der Waals surface area contributed by atoms with Crippen LogP contribution in [-0.4, -0.2) is 11.7 Å². The SMILES string of the molecule is N#Cc1cc(C#N)c(SCC(=O)NCc2ccc(Cl)cc2)[nH+]c1N. The molecule has 8 heteroatoms. The predicted molar refractivity (Wildman–Crippen MR) is 90.9 cm³/mol. The minimum Gasteiger partial charge on any atom is -0.351 e. The molecule has 2 rings (SSSR count). The molecule has 0 saturated heterocycles. The first kappa shape index (κ1) is 17.6. The number of pyridine rings is 1. The van der Waals surface area contributed by atoms with Crippen molar-refractivity contribution in [2.24, 2.45) is 0 Å². The fraction of sp³-hybridized carbons (Fsp3) is 0.125. The number of rotatable bonds is 5. The minimum absolute atomic E-state index is 0.115. The summed E-state index contributed by atoms with van der Waals surface area (Å²) in [5.74, 6) is 0.0974. The molecule has 0 atom stereocenters. The number of carbonyl (C=O) groups is 1. The van der Waals surface area contributed by atoms with E-state index in [1.165, 1.54) is 6.07 Å². The number of benzene rings is 1. The third kappa shape index (κ3) is 4.63. The van der Waals surface area contributed by atoms with Crippen molar-refractivity contribution in [3.05, 3.63) is 52.0 Å². The van der Waals surface area contributed by atoms with Gasteiger partial charge in [0.2, 0.25) is 5.91 Å². The van der Waals surface area contributed by atoms with E-state index in [1.54, 1.807) is 12.1 Å². The molecule has 0 aliphatic heterocycles. The summed E-state index contributed by atoms with van der Waals surface area (Å²) in [6.07, 6.45) is 0. The number of hydrogen-bond donors (Lipinski definition) is 2. The van der Waals surface area contributed by atoms with Crippen molar-refractivity contribution in [2.45, 2.75) is 11.6 Å². The first-order chi connectivity index (χ1) is 11.5. The van der Waals surface area contributed by atoms with Crippen LogP contribution in [0, 0.1) is 22.7 Å². The second-order valence-corrected chi connectivity index (χ2v) is 6.18. The van der Waals surface area contributed by atoms with Gasteiger partial charge in [-0.25, -0.2) is 4.98 Å². The molecule has 1 aromatic carbocycles. The number of nitriles is 2. The number of H-pyrrole nitrogens is 1. The Morgan fingerprint density at radius 3 is 2.54 bits per heavy atom. The monoisotopic (exact) mass is 358 g/mol. The van der Waals surface area contributed by atoms with Gasteiger partial charge in [-0.05, 0) is 23.8 Å². The molecule has 2 aromatic rings. The van der Waals surface area contributed by atoms with Gasteiger partial charge in [0.05, 0.1) is 5.75 Å². The Labute approximate surface area is 148 Å². The van der Waals surface area contributed by atoms with Crippen LogP contribution in [0.5, 0.6) is 0 Å². The van der Waals surface area contributed by atoms with Gasteiger partial charge in [0.25, 0.3) is 5.82 Å². The van der Waals surface area contributed by atoms with E-state index in [1.807, 2.05) is 24.3 Å². The third-order valence-electron chi connectivity index (χ3n) is 3.06. The third-order valence-corrected chi connectivity index (χ3v) is 4.33. The number of aromatic nitrogens is 1. The number of amides is 1. The summed E-state index contributed by atoms with van der Waals surface area (Å²) in [5, 5.41) is 21.9. The summed E-state index contributed by atoms with van der Waals surface area (Å²) < 4.78 is 0. The van der Waals surface area contributed by atoms with E-state index < -0.39 is 0 Å². The fourth-order valence-electron chi connectivity index (χ4n) is 1.83. The molecular formula is C16H13ClN5OS+. The number of nitrogens with two attached hydrogens (primary N) is 1. The van der Waals surface area contributed by atoms with E-state index in [-0.39, 0.29) is 28.6 Å². The van der Waals surface area contributed by atoms with Crippen molar-refractivity contribution in [3.63, 3.8) is 0 Å². The molecule has 0 radical (unpaired) electrons. The van der Waals surface area contributed by atoms with Crippen LogP contribution < -0.4 is 16.0 Å². The molecule has 6 nitrogen and oxygen atoms in total. The molecule has 0 spiro atoms. The highest BCUT2D eigenvalue weighted by molar-refractivity contribution is 7.99. The zero-order valence-corrected chi connectivity index (χ0v) is 14.0. The molecule has 0 saturated carbocycles. The Balaban J connectivity index is 1.94. The zero-order chi connectivity index (χ0) is 17.5. The van der Waals surface area contributed by atoms with Crippen molar-refractivity contribution < 1.29 is 9.78 Å². The first-order valence-electron chi connectivity index (χ1n) is 6.83. The van der Waals surface area contributed by atoms with Gasteiger partial charge in [0.1, 0.15) is 23.3 Å². The van der Waals surface area contributed by atoms with Crippen LogP contribution >= 0.6 is 23.4 Å². The maximum Gasteiger partial charge on any atom is 0.289 e. The second-order valence-electron chi connectivity index (χ2n) is 4.75. The van der Waals surface area contributed by atoms with Crippen molar-refractivity contribution in [3.8, 4) is 12.1 Å². The number of aromatic amines is 1. The Bertz CT molecular complexity index is 839. The van der Waals surface area contributed by atoms with Crippen molar-refractivity contribution in [1.82, 2.24) is 5.32 Å². The van der Waals surface area contributed by atoms with Gasteiger partial charge in [-0.3, -0.25) is 10.5 Å².